The normalized spacial score (nSPS) is 17.2. The first kappa shape index (κ1) is 17.6. The second-order valence-electron chi connectivity index (χ2n) is 6.32. The minimum Gasteiger partial charge on any atom is -0.484 e. The summed E-state index contributed by atoms with van der Waals surface area (Å²) in [5.41, 5.74) is 1.21. The zero-order chi connectivity index (χ0) is 17.6. The van der Waals surface area contributed by atoms with E-state index in [1.807, 2.05) is 30.1 Å². The number of anilines is 1. The van der Waals surface area contributed by atoms with Gasteiger partial charge in [0.2, 0.25) is 0 Å². The SMILES string of the molecule is CN(C(=O)COc1ccc(Cl)cc1)C1CCCN(c2ccccc2)C1. The summed E-state index contributed by atoms with van der Waals surface area (Å²) in [6.07, 6.45) is 2.10. The summed E-state index contributed by atoms with van der Waals surface area (Å²) in [6.45, 7) is 1.93. The number of rotatable bonds is 5. The van der Waals surface area contributed by atoms with E-state index >= 15 is 0 Å². The topological polar surface area (TPSA) is 32.8 Å². The highest BCUT2D eigenvalue weighted by atomic mass is 35.5. The molecule has 0 aromatic heterocycles. The van der Waals surface area contributed by atoms with E-state index in [1.165, 1.54) is 5.69 Å². The number of benzene rings is 2. The fraction of sp³-hybridized carbons (Fsp3) is 0.350. The average Bonchev–Trinajstić information content (AvgIpc) is 2.67. The van der Waals surface area contributed by atoms with E-state index in [2.05, 4.69) is 17.0 Å². The van der Waals surface area contributed by atoms with E-state index in [1.54, 1.807) is 24.3 Å². The number of amides is 1. The van der Waals surface area contributed by atoms with Gasteiger partial charge in [-0.2, -0.15) is 0 Å². The molecule has 2 aromatic rings. The minimum absolute atomic E-state index is 0.00476. The summed E-state index contributed by atoms with van der Waals surface area (Å²) >= 11 is 5.86. The Bertz CT molecular complexity index is 691. The van der Waals surface area contributed by atoms with E-state index < -0.39 is 0 Å². The van der Waals surface area contributed by atoms with Gasteiger partial charge in [0.25, 0.3) is 5.91 Å². The van der Waals surface area contributed by atoms with Gasteiger partial charge in [0, 0.05) is 36.9 Å². The van der Waals surface area contributed by atoms with Crippen molar-refractivity contribution < 1.29 is 9.53 Å². The van der Waals surface area contributed by atoms with Gasteiger partial charge in [-0.15, -0.1) is 0 Å². The van der Waals surface area contributed by atoms with Crippen LogP contribution in [-0.4, -0.2) is 43.6 Å². The molecule has 0 radical (unpaired) electrons. The lowest BCUT2D eigenvalue weighted by atomic mass is 10.0. The Kier molecular flexibility index (Phi) is 5.82. The number of hydrogen-bond donors (Lipinski definition) is 0. The van der Waals surface area contributed by atoms with Gasteiger partial charge in [0.15, 0.2) is 6.61 Å². The maximum atomic E-state index is 12.5. The van der Waals surface area contributed by atoms with Crippen molar-refractivity contribution in [2.75, 3.05) is 31.6 Å². The largest absolute Gasteiger partial charge is 0.484 e. The Balaban J connectivity index is 1.55. The zero-order valence-electron chi connectivity index (χ0n) is 14.4. The third-order valence-electron chi connectivity index (χ3n) is 4.63. The van der Waals surface area contributed by atoms with Crippen LogP contribution in [0.25, 0.3) is 0 Å². The molecule has 0 spiro atoms. The summed E-state index contributed by atoms with van der Waals surface area (Å²) in [6, 6.07) is 17.6. The van der Waals surface area contributed by atoms with Gasteiger partial charge in [-0.05, 0) is 49.2 Å². The molecular weight excluding hydrogens is 336 g/mol. The Morgan fingerprint density at radius 2 is 1.92 bits per heavy atom. The van der Waals surface area contributed by atoms with Crippen molar-refractivity contribution in [1.82, 2.24) is 4.90 Å². The van der Waals surface area contributed by atoms with Crippen molar-refractivity contribution in [2.24, 2.45) is 0 Å². The molecule has 5 heteroatoms. The molecule has 1 heterocycles. The molecule has 2 aromatic carbocycles. The van der Waals surface area contributed by atoms with E-state index in [-0.39, 0.29) is 18.6 Å². The van der Waals surface area contributed by atoms with Gasteiger partial charge >= 0.3 is 0 Å². The van der Waals surface area contributed by atoms with Gasteiger partial charge in [0.1, 0.15) is 5.75 Å². The van der Waals surface area contributed by atoms with E-state index in [4.69, 9.17) is 16.3 Å². The molecule has 1 aliphatic rings. The predicted molar refractivity (Wildman–Crippen MR) is 101 cm³/mol. The molecule has 4 nitrogen and oxygen atoms in total. The van der Waals surface area contributed by atoms with Gasteiger partial charge in [-0.25, -0.2) is 0 Å². The number of para-hydroxylation sites is 1. The first-order valence-electron chi connectivity index (χ1n) is 8.57. The first-order chi connectivity index (χ1) is 12.1. The highest BCUT2D eigenvalue weighted by Crippen LogP contribution is 2.22. The lowest BCUT2D eigenvalue weighted by Gasteiger charge is -2.38. The van der Waals surface area contributed by atoms with Crippen LogP contribution in [0.2, 0.25) is 5.02 Å². The second-order valence-corrected chi connectivity index (χ2v) is 6.76. The lowest BCUT2D eigenvalue weighted by Crippen LogP contribution is -2.49. The van der Waals surface area contributed by atoms with Crippen LogP contribution in [0, 0.1) is 0 Å². The maximum Gasteiger partial charge on any atom is 0.260 e. The van der Waals surface area contributed by atoms with Gasteiger partial charge < -0.3 is 14.5 Å². The Hall–Kier alpha value is -2.20. The molecule has 1 saturated heterocycles. The van der Waals surface area contributed by atoms with E-state index in [0.29, 0.717) is 10.8 Å². The van der Waals surface area contributed by atoms with Crippen molar-refractivity contribution in [3.63, 3.8) is 0 Å². The van der Waals surface area contributed by atoms with E-state index in [9.17, 15) is 4.79 Å². The summed E-state index contributed by atoms with van der Waals surface area (Å²) in [5.74, 6) is 0.649. The standard InChI is InChI=1S/C20H23ClN2O2/c1-22(20(24)15-25-19-11-9-16(21)10-12-19)18-8-5-13-23(14-18)17-6-3-2-4-7-17/h2-4,6-7,9-12,18H,5,8,13-15H2,1H3. The van der Waals surface area contributed by atoms with Gasteiger partial charge in [-0.3, -0.25) is 4.79 Å². The summed E-state index contributed by atoms with van der Waals surface area (Å²) in [7, 11) is 1.87. The number of piperidine rings is 1. The lowest BCUT2D eigenvalue weighted by molar-refractivity contribution is -0.134. The molecule has 3 rings (SSSR count). The number of ether oxygens (including phenoxy) is 1. The summed E-state index contributed by atoms with van der Waals surface area (Å²) in [5, 5.41) is 0.652. The molecule has 1 fully saturated rings. The van der Waals surface area contributed by atoms with Crippen LogP contribution in [0.5, 0.6) is 5.75 Å². The summed E-state index contributed by atoms with van der Waals surface area (Å²) in [4.78, 5) is 16.7. The molecule has 0 bridgehead atoms. The fourth-order valence-corrected chi connectivity index (χ4v) is 3.25. The van der Waals surface area contributed by atoms with Crippen LogP contribution in [0.15, 0.2) is 54.6 Å². The van der Waals surface area contributed by atoms with Crippen LogP contribution in [0.1, 0.15) is 12.8 Å². The molecule has 1 aliphatic heterocycles. The smallest absolute Gasteiger partial charge is 0.260 e. The third kappa shape index (κ3) is 4.67. The molecule has 1 atom stereocenters. The number of halogens is 1. The molecule has 0 aliphatic carbocycles. The van der Waals surface area contributed by atoms with Crippen LogP contribution >= 0.6 is 11.6 Å². The number of carbonyl (C=O) groups is 1. The predicted octanol–water partition coefficient (Wildman–Crippen LogP) is 3.85. The highest BCUT2D eigenvalue weighted by Gasteiger charge is 2.26. The van der Waals surface area contributed by atoms with Gasteiger partial charge in [0.05, 0.1) is 0 Å². The first-order valence-corrected chi connectivity index (χ1v) is 8.95. The zero-order valence-corrected chi connectivity index (χ0v) is 15.2. The van der Waals surface area contributed by atoms with E-state index in [0.717, 1.165) is 25.9 Å². The average molecular weight is 359 g/mol. The second kappa shape index (κ2) is 8.26. The number of hydrogen-bond acceptors (Lipinski definition) is 3. The number of nitrogens with zero attached hydrogens (tertiary/aromatic N) is 2. The van der Waals surface area contributed by atoms with Crippen molar-refractivity contribution in [2.45, 2.75) is 18.9 Å². The maximum absolute atomic E-state index is 12.5. The molecular formula is C20H23ClN2O2. The highest BCUT2D eigenvalue weighted by molar-refractivity contribution is 6.30. The van der Waals surface area contributed by atoms with Crippen molar-refractivity contribution in [3.8, 4) is 5.75 Å². The van der Waals surface area contributed by atoms with Crippen molar-refractivity contribution in [3.05, 3.63) is 59.6 Å². The Labute approximate surface area is 154 Å². The minimum atomic E-state index is -0.00476. The van der Waals surface area contributed by atoms with Gasteiger partial charge in [-0.1, -0.05) is 29.8 Å². The van der Waals surface area contributed by atoms with Crippen molar-refractivity contribution in [1.29, 1.82) is 0 Å². The Morgan fingerprint density at radius 3 is 2.64 bits per heavy atom. The van der Waals surface area contributed by atoms with Crippen molar-refractivity contribution >= 4 is 23.2 Å². The number of carbonyl (C=O) groups excluding carboxylic acids is 1. The monoisotopic (exact) mass is 358 g/mol. The third-order valence-corrected chi connectivity index (χ3v) is 4.89. The summed E-state index contributed by atoms with van der Waals surface area (Å²) < 4.78 is 5.58. The molecule has 132 valence electrons. The quantitative estimate of drug-likeness (QED) is 0.814. The number of likely N-dealkylation sites (N-methyl/N-ethyl adjacent to an activating group) is 1. The molecule has 25 heavy (non-hydrogen) atoms. The van der Waals surface area contributed by atoms with Crippen LogP contribution in [0.3, 0.4) is 0 Å². The molecule has 1 amide bonds. The Morgan fingerprint density at radius 1 is 1.20 bits per heavy atom. The van der Waals surface area contributed by atoms with Crippen LogP contribution < -0.4 is 9.64 Å². The molecule has 1 unspecified atom stereocenters. The molecule has 0 N–H and O–H groups in total. The van der Waals surface area contributed by atoms with Crippen LogP contribution in [-0.2, 0) is 4.79 Å². The fourth-order valence-electron chi connectivity index (χ4n) is 3.13. The molecule has 0 saturated carbocycles. The van der Waals surface area contributed by atoms with Crippen LogP contribution in [0.4, 0.5) is 5.69 Å².